The summed E-state index contributed by atoms with van der Waals surface area (Å²) in [5.41, 5.74) is 7.02. The SMILES string of the molecule is C=C(O[C@H](Cc1cc(C)c2c(c1)CCCN2)C(=O)N1CCN(C2CCOCC2)CC1)N1CCC(N2CCc3ccccc3NC2=O)CC1. The van der Waals surface area contributed by atoms with E-state index in [-0.39, 0.29) is 18.0 Å². The highest BCUT2D eigenvalue weighted by atomic mass is 16.5. The van der Waals surface area contributed by atoms with Crippen molar-refractivity contribution in [2.24, 2.45) is 0 Å². The predicted octanol–water partition coefficient (Wildman–Crippen LogP) is 4.63. The second kappa shape index (κ2) is 14.8. The third-order valence-corrected chi connectivity index (χ3v) is 11.1. The number of rotatable bonds is 8. The number of urea groups is 1. The van der Waals surface area contributed by atoms with Crippen molar-refractivity contribution in [3.8, 4) is 0 Å². The summed E-state index contributed by atoms with van der Waals surface area (Å²) < 4.78 is 12.2. The number of hydrogen-bond acceptors (Lipinski definition) is 7. The van der Waals surface area contributed by atoms with Gasteiger partial charge in [0.2, 0.25) is 0 Å². The van der Waals surface area contributed by atoms with Crippen LogP contribution >= 0.6 is 0 Å². The van der Waals surface area contributed by atoms with Crippen LogP contribution in [-0.4, -0.2) is 115 Å². The fourth-order valence-corrected chi connectivity index (χ4v) is 8.36. The summed E-state index contributed by atoms with van der Waals surface area (Å²) in [6.07, 6.45) is 6.67. The maximum absolute atomic E-state index is 14.2. The van der Waals surface area contributed by atoms with Gasteiger partial charge in [-0.3, -0.25) is 9.69 Å². The summed E-state index contributed by atoms with van der Waals surface area (Å²) in [4.78, 5) is 36.1. The van der Waals surface area contributed by atoms with Gasteiger partial charge in [-0.1, -0.05) is 30.3 Å². The minimum absolute atomic E-state index is 0.0217. The van der Waals surface area contributed by atoms with Gasteiger partial charge in [-0.15, -0.1) is 0 Å². The van der Waals surface area contributed by atoms with Gasteiger partial charge in [0.05, 0.1) is 0 Å². The lowest BCUT2D eigenvalue weighted by Crippen LogP contribution is -2.55. The number of likely N-dealkylation sites (tertiary alicyclic amines) is 1. The highest BCUT2D eigenvalue weighted by Crippen LogP contribution is 2.30. The molecule has 2 aromatic rings. The molecule has 0 bridgehead atoms. The van der Waals surface area contributed by atoms with Crippen LogP contribution in [0.1, 0.15) is 54.4 Å². The van der Waals surface area contributed by atoms with Crippen LogP contribution in [0.15, 0.2) is 48.9 Å². The van der Waals surface area contributed by atoms with Crippen molar-refractivity contribution < 1.29 is 19.1 Å². The molecule has 0 radical (unpaired) electrons. The van der Waals surface area contributed by atoms with E-state index in [1.165, 1.54) is 22.4 Å². The van der Waals surface area contributed by atoms with Crippen LogP contribution in [0, 0.1) is 6.92 Å². The first-order chi connectivity index (χ1) is 23.4. The molecule has 5 heterocycles. The third kappa shape index (κ3) is 7.29. The van der Waals surface area contributed by atoms with E-state index in [1.807, 2.05) is 28.0 Å². The molecule has 258 valence electrons. The summed E-state index contributed by atoms with van der Waals surface area (Å²) in [6.45, 7) is 14.5. The Kier molecular flexibility index (Phi) is 10.1. The maximum Gasteiger partial charge on any atom is 0.322 e. The van der Waals surface area contributed by atoms with Crippen LogP contribution in [-0.2, 0) is 33.5 Å². The zero-order valence-corrected chi connectivity index (χ0v) is 28.6. The molecule has 0 unspecified atom stereocenters. The van der Waals surface area contributed by atoms with E-state index in [4.69, 9.17) is 9.47 Å². The minimum atomic E-state index is -0.645. The molecular formula is C38H52N6O4. The maximum atomic E-state index is 14.2. The number of hydrogen-bond donors (Lipinski definition) is 2. The van der Waals surface area contributed by atoms with Crippen molar-refractivity contribution in [3.63, 3.8) is 0 Å². The van der Waals surface area contributed by atoms with E-state index in [0.29, 0.717) is 38.0 Å². The summed E-state index contributed by atoms with van der Waals surface area (Å²) >= 11 is 0. The molecule has 3 amide bonds. The average molecular weight is 657 g/mol. The van der Waals surface area contributed by atoms with Gasteiger partial charge in [0, 0.05) is 95.5 Å². The van der Waals surface area contributed by atoms with Crippen molar-refractivity contribution >= 4 is 23.3 Å². The molecular weight excluding hydrogens is 604 g/mol. The number of benzene rings is 2. The zero-order valence-electron chi connectivity index (χ0n) is 28.6. The Morgan fingerprint density at radius 2 is 1.71 bits per heavy atom. The second-order valence-electron chi connectivity index (χ2n) is 14.1. The van der Waals surface area contributed by atoms with Crippen molar-refractivity contribution in [2.45, 2.75) is 76.5 Å². The van der Waals surface area contributed by atoms with Crippen LogP contribution in [0.3, 0.4) is 0 Å². The van der Waals surface area contributed by atoms with E-state index < -0.39 is 6.10 Å². The molecule has 0 saturated carbocycles. The Hall–Kier alpha value is -3.76. The summed E-state index contributed by atoms with van der Waals surface area (Å²) in [6, 6.07) is 13.2. The van der Waals surface area contributed by atoms with Crippen LogP contribution in [0.2, 0.25) is 0 Å². The van der Waals surface area contributed by atoms with Gasteiger partial charge >= 0.3 is 6.03 Å². The highest BCUT2D eigenvalue weighted by Gasteiger charge is 2.35. The molecule has 48 heavy (non-hydrogen) atoms. The zero-order chi connectivity index (χ0) is 33.0. The lowest BCUT2D eigenvalue weighted by molar-refractivity contribution is -0.145. The molecule has 5 aliphatic heterocycles. The Morgan fingerprint density at radius 3 is 2.50 bits per heavy atom. The van der Waals surface area contributed by atoms with Gasteiger partial charge in [0.25, 0.3) is 5.91 Å². The van der Waals surface area contributed by atoms with Crippen LogP contribution in [0.5, 0.6) is 0 Å². The fourth-order valence-electron chi connectivity index (χ4n) is 8.36. The number of aryl methyl sites for hydroxylation is 2. The summed E-state index contributed by atoms with van der Waals surface area (Å²) in [5, 5.41) is 6.68. The van der Waals surface area contributed by atoms with Gasteiger partial charge < -0.3 is 34.8 Å². The van der Waals surface area contributed by atoms with E-state index in [1.54, 1.807) is 0 Å². The van der Waals surface area contributed by atoms with Gasteiger partial charge in [0.15, 0.2) is 12.0 Å². The number of para-hydroxylation sites is 1. The Morgan fingerprint density at radius 1 is 0.938 bits per heavy atom. The molecule has 3 fully saturated rings. The van der Waals surface area contributed by atoms with Crippen LogP contribution < -0.4 is 10.6 Å². The Bertz CT molecular complexity index is 1480. The number of nitrogens with one attached hydrogen (secondary N) is 2. The van der Waals surface area contributed by atoms with Crippen molar-refractivity contribution in [2.75, 3.05) is 76.2 Å². The normalized spacial score (nSPS) is 21.8. The number of carbonyl (C=O) groups is 2. The smallest absolute Gasteiger partial charge is 0.322 e. The number of piperazine rings is 1. The van der Waals surface area contributed by atoms with E-state index >= 15 is 0 Å². The molecule has 2 aromatic carbocycles. The number of ether oxygens (including phenoxy) is 2. The molecule has 0 aliphatic carbocycles. The molecule has 3 saturated heterocycles. The number of fused-ring (bicyclic) bond motifs is 2. The average Bonchev–Trinajstić information content (AvgIpc) is 3.29. The number of carbonyl (C=O) groups excluding carboxylic acids is 2. The Labute approximate surface area is 285 Å². The van der Waals surface area contributed by atoms with Gasteiger partial charge in [-0.2, -0.15) is 0 Å². The molecule has 1 atom stereocenters. The lowest BCUT2D eigenvalue weighted by atomic mass is 9.94. The van der Waals surface area contributed by atoms with E-state index in [0.717, 1.165) is 102 Å². The topological polar surface area (TPSA) is 89.6 Å². The molecule has 0 aromatic heterocycles. The first-order valence-corrected chi connectivity index (χ1v) is 18.2. The molecule has 2 N–H and O–H groups in total. The number of amides is 3. The van der Waals surface area contributed by atoms with E-state index in [2.05, 4.69) is 52.1 Å². The van der Waals surface area contributed by atoms with Crippen LogP contribution in [0.25, 0.3) is 0 Å². The fraction of sp³-hybridized carbons (Fsp3) is 0.579. The standard InChI is InChI=1S/C38H52N6O4/c1-27-24-29(25-31-7-5-14-39-36(27)31)26-35(37(45)43-20-18-42(19-21-43)32-12-22-47-23-13-32)48-28(2)41-15-10-33(11-16-41)44-17-9-30-6-3-4-8-34(30)40-38(44)46/h3-4,6,8,24-25,32-33,35,39H,2,5,7,9-23,26H2,1H3,(H,40,46)/t35-/m1/s1. The van der Waals surface area contributed by atoms with E-state index in [9.17, 15) is 9.59 Å². The Balaban J connectivity index is 1.00. The minimum Gasteiger partial charge on any atom is -0.466 e. The molecule has 7 rings (SSSR count). The van der Waals surface area contributed by atoms with Gasteiger partial charge in [0.1, 0.15) is 0 Å². The quantitative estimate of drug-likeness (QED) is 0.401. The summed E-state index contributed by atoms with van der Waals surface area (Å²) in [7, 11) is 0. The third-order valence-electron chi connectivity index (χ3n) is 11.1. The monoisotopic (exact) mass is 656 g/mol. The predicted molar refractivity (Wildman–Crippen MR) is 188 cm³/mol. The first-order valence-electron chi connectivity index (χ1n) is 18.2. The van der Waals surface area contributed by atoms with Crippen molar-refractivity contribution in [1.29, 1.82) is 0 Å². The highest BCUT2D eigenvalue weighted by molar-refractivity contribution is 5.91. The molecule has 10 heteroatoms. The van der Waals surface area contributed by atoms with Crippen LogP contribution in [0.4, 0.5) is 16.2 Å². The van der Waals surface area contributed by atoms with Gasteiger partial charge in [-0.05, 0) is 86.8 Å². The largest absolute Gasteiger partial charge is 0.466 e. The molecule has 10 nitrogen and oxygen atoms in total. The number of anilines is 2. The molecule has 0 spiro atoms. The lowest BCUT2D eigenvalue weighted by Gasteiger charge is -2.42. The number of nitrogens with zero attached hydrogens (tertiary/aromatic N) is 4. The van der Waals surface area contributed by atoms with Crippen molar-refractivity contribution in [1.82, 2.24) is 19.6 Å². The molecule has 5 aliphatic rings. The first kappa shape index (κ1) is 32.8. The van der Waals surface area contributed by atoms with Gasteiger partial charge in [-0.25, -0.2) is 4.79 Å². The summed E-state index contributed by atoms with van der Waals surface area (Å²) in [5.74, 6) is 0.601. The number of piperidine rings is 1. The van der Waals surface area contributed by atoms with Crippen molar-refractivity contribution in [3.05, 3.63) is 71.1 Å². The second-order valence-corrected chi connectivity index (χ2v) is 14.1.